The molecular weight excluding hydrogens is 624 g/mol. The Bertz CT molecular complexity index is 885. The summed E-state index contributed by atoms with van der Waals surface area (Å²) in [4.78, 5) is 36.2. The number of amides is 1. The number of rotatable bonds is 37. The SMILES string of the molecule is CC/C=C\C/C=C\C/C=C\C(CCCCCCC(=O)NC(CCCN)C(=O)O)OC(=O)CCCCCCCCCCCCCCCCCCC. The predicted octanol–water partition coefficient (Wildman–Crippen LogP) is 11.4. The van der Waals surface area contributed by atoms with Crippen molar-refractivity contribution in [3.63, 3.8) is 0 Å². The molecule has 0 aliphatic rings. The Morgan fingerprint density at radius 1 is 0.600 bits per heavy atom. The number of ether oxygens (including phenoxy) is 1. The lowest BCUT2D eigenvalue weighted by Crippen LogP contribution is -2.40. The average Bonchev–Trinajstić information content (AvgIpc) is 3.10. The molecule has 0 heterocycles. The molecule has 7 heteroatoms. The normalized spacial score (nSPS) is 13.0. The number of carboxylic acids is 1. The van der Waals surface area contributed by atoms with Gasteiger partial charge in [-0.1, -0.05) is 160 Å². The van der Waals surface area contributed by atoms with Gasteiger partial charge in [-0.3, -0.25) is 9.59 Å². The third-order valence-electron chi connectivity index (χ3n) is 9.20. The van der Waals surface area contributed by atoms with Gasteiger partial charge in [0, 0.05) is 12.8 Å². The van der Waals surface area contributed by atoms with Gasteiger partial charge in [-0.05, 0) is 70.4 Å². The standard InChI is InChI=1S/C43H78N2O5/c1-3-5-7-9-11-13-14-15-16-17-18-19-20-21-23-25-31-37-42(47)50-39(33-28-24-22-12-10-8-6-4-2)34-29-26-27-30-36-41(46)45-40(43(48)49)35-32-38-44/h6,8,12,22,28,33,39-40H,3-5,7,9-11,13-21,23-27,29-32,34-38,44H2,1-2H3,(H,45,46)(H,48,49)/b8-6-,22-12-,33-28-. The number of carbonyl (C=O) groups excluding carboxylic acids is 2. The maximum atomic E-state index is 12.7. The lowest BCUT2D eigenvalue weighted by molar-refractivity contribution is -0.147. The fourth-order valence-electron chi connectivity index (χ4n) is 6.09. The van der Waals surface area contributed by atoms with Crippen molar-refractivity contribution in [3.05, 3.63) is 36.5 Å². The topological polar surface area (TPSA) is 119 Å². The Kier molecular flexibility index (Phi) is 36.0. The van der Waals surface area contributed by atoms with E-state index in [1.807, 2.05) is 6.08 Å². The van der Waals surface area contributed by atoms with E-state index >= 15 is 0 Å². The molecule has 0 saturated heterocycles. The summed E-state index contributed by atoms with van der Waals surface area (Å²) in [5.74, 6) is -1.36. The van der Waals surface area contributed by atoms with Gasteiger partial charge in [-0.2, -0.15) is 0 Å². The first-order valence-electron chi connectivity index (χ1n) is 20.8. The van der Waals surface area contributed by atoms with Gasteiger partial charge < -0.3 is 20.9 Å². The van der Waals surface area contributed by atoms with Crippen LogP contribution < -0.4 is 11.1 Å². The monoisotopic (exact) mass is 703 g/mol. The van der Waals surface area contributed by atoms with Crippen molar-refractivity contribution >= 4 is 17.8 Å². The second-order valence-corrected chi connectivity index (χ2v) is 14.0. The molecule has 0 aromatic rings. The predicted molar refractivity (Wildman–Crippen MR) is 211 cm³/mol. The number of hydrogen-bond acceptors (Lipinski definition) is 5. The first-order chi connectivity index (χ1) is 24.4. The molecule has 0 aliphatic carbocycles. The number of aliphatic carboxylic acids is 1. The van der Waals surface area contributed by atoms with Gasteiger partial charge in [0.2, 0.25) is 5.91 Å². The fraction of sp³-hybridized carbons (Fsp3) is 0.791. The Morgan fingerprint density at radius 2 is 1.08 bits per heavy atom. The van der Waals surface area contributed by atoms with Gasteiger partial charge >= 0.3 is 11.9 Å². The van der Waals surface area contributed by atoms with E-state index in [1.165, 1.54) is 96.3 Å². The first-order valence-corrected chi connectivity index (χ1v) is 20.8. The lowest BCUT2D eigenvalue weighted by atomic mass is 10.0. The van der Waals surface area contributed by atoms with Crippen LogP contribution in [0.2, 0.25) is 0 Å². The molecule has 0 bridgehead atoms. The van der Waals surface area contributed by atoms with Gasteiger partial charge in [-0.25, -0.2) is 4.79 Å². The third-order valence-corrected chi connectivity index (χ3v) is 9.20. The number of nitrogens with one attached hydrogen (secondary N) is 1. The Hall–Kier alpha value is -2.41. The first kappa shape index (κ1) is 47.6. The summed E-state index contributed by atoms with van der Waals surface area (Å²) in [5, 5.41) is 11.9. The van der Waals surface area contributed by atoms with E-state index in [0.717, 1.165) is 57.8 Å². The molecule has 0 fully saturated rings. The zero-order chi connectivity index (χ0) is 36.8. The summed E-state index contributed by atoms with van der Waals surface area (Å²) in [5.41, 5.74) is 5.47. The number of esters is 1. The number of hydrogen-bond donors (Lipinski definition) is 3. The molecule has 2 atom stereocenters. The highest BCUT2D eigenvalue weighted by Crippen LogP contribution is 2.16. The van der Waals surface area contributed by atoms with E-state index in [1.54, 1.807) is 0 Å². The highest BCUT2D eigenvalue weighted by atomic mass is 16.5. The maximum Gasteiger partial charge on any atom is 0.326 e. The maximum absolute atomic E-state index is 12.7. The van der Waals surface area contributed by atoms with Crippen molar-refractivity contribution in [2.45, 2.75) is 212 Å². The van der Waals surface area contributed by atoms with Crippen LogP contribution in [-0.2, 0) is 19.1 Å². The zero-order valence-electron chi connectivity index (χ0n) is 32.5. The number of carbonyl (C=O) groups is 3. The minimum atomic E-state index is -1.02. The summed E-state index contributed by atoms with van der Waals surface area (Å²) in [6, 6.07) is -0.875. The smallest absolute Gasteiger partial charge is 0.326 e. The number of allylic oxidation sites excluding steroid dienone is 5. The molecule has 290 valence electrons. The molecule has 0 aliphatic heterocycles. The van der Waals surface area contributed by atoms with Crippen LogP contribution in [0.3, 0.4) is 0 Å². The molecule has 50 heavy (non-hydrogen) atoms. The van der Waals surface area contributed by atoms with Gasteiger partial charge in [-0.15, -0.1) is 0 Å². The molecule has 4 N–H and O–H groups in total. The van der Waals surface area contributed by atoms with E-state index in [2.05, 4.69) is 49.5 Å². The van der Waals surface area contributed by atoms with Crippen molar-refractivity contribution in [1.82, 2.24) is 5.32 Å². The van der Waals surface area contributed by atoms with Gasteiger partial charge in [0.1, 0.15) is 12.1 Å². The fourth-order valence-corrected chi connectivity index (χ4v) is 6.09. The van der Waals surface area contributed by atoms with E-state index in [-0.39, 0.29) is 18.0 Å². The van der Waals surface area contributed by atoms with Gasteiger partial charge in [0.25, 0.3) is 0 Å². The van der Waals surface area contributed by atoms with Crippen LogP contribution in [0.25, 0.3) is 0 Å². The molecule has 7 nitrogen and oxygen atoms in total. The Morgan fingerprint density at radius 3 is 1.60 bits per heavy atom. The highest BCUT2D eigenvalue weighted by Gasteiger charge is 2.19. The summed E-state index contributed by atoms with van der Waals surface area (Å²) in [7, 11) is 0. The summed E-state index contributed by atoms with van der Waals surface area (Å²) in [6.07, 6.45) is 43.6. The molecule has 0 radical (unpaired) electrons. The van der Waals surface area contributed by atoms with Crippen molar-refractivity contribution in [2.75, 3.05) is 6.54 Å². The van der Waals surface area contributed by atoms with Crippen LogP contribution in [-0.4, -0.2) is 41.6 Å². The minimum Gasteiger partial charge on any atom is -0.480 e. The average molecular weight is 703 g/mol. The second kappa shape index (κ2) is 37.8. The highest BCUT2D eigenvalue weighted by molar-refractivity contribution is 5.83. The second-order valence-electron chi connectivity index (χ2n) is 14.0. The van der Waals surface area contributed by atoms with Crippen LogP contribution in [0.4, 0.5) is 0 Å². The van der Waals surface area contributed by atoms with Crippen LogP contribution in [0, 0.1) is 0 Å². The van der Waals surface area contributed by atoms with Crippen molar-refractivity contribution in [2.24, 2.45) is 5.73 Å². The summed E-state index contributed by atoms with van der Waals surface area (Å²) < 4.78 is 5.89. The van der Waals surface area contributed by atoms with Gasteiger partial charge in [0.15, 0.2) is 0 Å². The molecule has 0 aromatic heterocycles. The van der Waals surface area contributed by atoms with Crippen molar-refractivity contribution < 1.29 is 24.2 Å². The molecule has 2 unspecified atom stereocenters. The number of unbranched alkanes of at least 4 members (excludes halogenated alkanes) is 19. The van der Waals surface area contributed by atoms with E-state index in [9.17, 15) is 19.5 Å². The molecule has 0 spiro atoms. The minimum absolute atomic E-state index is 0.111. The zero-order valence-corrected chi connectivity index (χ0v) is 32.5. The summed E-state index contributed by atoms with van der Waals surface area (Å²) in [6.45, 7) is 4.81. The largest absolute Gasteiger partial charge is 0.480 e. The number of nitrogens with two attached hydrogens (primary N) is 1. The van der Waals surface area contributed by atoms with Crippen LogP contribution in [0.5, 0.6) is 0 Å². The van der Waals surface area contributed by atoms with E-state index in [0.29, 0.717) is 38.6 Å². The molecular formula is C43H78N2O5. The lowest BCUT2D eigenvalue weighted by Gasteiger charge is -2.15. The Balaban J connectivity index is 4.25. The molecule has 1 amide bonds. The van der Waals surface area contributed by atoms with Crippen molar-refractivity contribution in [3.8, 4) is 0 Å². The van der Waals surface area contributed by atoms with Crippen LogP contribution >= 0.6 is 0 Å². The number of carboxylic acid groups (broad SMARTS) is 1. The van der Waals surface area contributed by atoms with E-state index in [4.69, 9.17) is 10.5 Å². The molecule has 0 rings (SSSR count). The Labute approximate surface area is 307 Å². The summed E-state index contributed by atoms with van der Waals surface area (Å²) >= 11 is 0. The quantitative estimate of drug-likeness (QED) is 0.0337. The van der Waals surface area contributed by atoms with E-state index < -0.39 is 12.0 Å². The van der Waals surface area contributed by atoms with Crippen molar-refractivity contribution in [1.29, 1.82) is 0 Å². The van der Waals surface area contributed by atoms with Crippen LogP contribution in [0.1, 0.15) is 200 Å². The van der Waals surface area contributed by atoms with Gasteiger partial charge in [0.05, 0.1) is 0 Å². The third kappa shape index (κ3) is 34.1. The molecule has 0 saturated carbocycles. The molecule has 0 aromatic carbocycles. The van der Waals surface area contributed by atoms with Crippen LogP contribution in [0.15, 0.2) is 36.5 Å².